The highest BCUT2D eigenvalue weighted by Crippen LogP contribution is 2.37. The Kier molecular flexibility index (Phi) is 7.00. The zero-order valence-corrected chi connectivity index (χ0v) is 19.5. The van der Waals surface area contributed by atoms with Crippen molar-refractivity contribution in [3.05, 3.63) is 52.4 Å². The van der Waals surface area contributed by atoms with Crippen molar-refractivity contribution in [3.63, 3.8) is 0 Å². The average Bonchev–Trinajstić information content (AvgIpc) is 2.60. The Morgan fingerprint density at radius 2 is 1.93 bits per heavy atom. The Labute approximate surface area is 174 Å². The first-order valence-corrected chi connectivity index (χ1v) is 13.0. The molecule has 0 amide bonds. The van der Waals surface area contributed by atoms with Gasteiger partial charge in [0.2, 0.25) is 0 Å². The maximum Gasteiger partial charge on any atom is 0.192 e. The number of hydrogen-bond acceptors (Lipinski definition) is 3. The van der Waals surface area contributed by atoms with E-state index in [4.69, 9.17) is 16.0 Å². The molecule has 0 saturated heterocycles. The molecule has 0 bridgehead atoms. The van der Waals surface area contributed by atoms with Gasteiger partial charge in [-0.15, -0.1) is 0 Å². The lowest BCUT2D eigenvalue weighted by atomic mass is 10.1. The second kappa shape index (κ2) is 8.51. The lowest BCUT2D eigenvalue weighted by molar-refractivity contribution is 0.101. The number of halogens is 3. The molecule has 0 aliphatic carbocycles. The fourth-order valence-electron chi connectivity index (χ4n) is 2.17. The van der Waals surface area contributed by atoms with Crippen LogP contribution in [-0.2, 0) is 11.0 Å². The monoisotopic (exact) mass is 471 g/mol. The largest absolute Gasteiger partial charge is 0.413 e. The van der Waals surface area contributed by atoms with E-state index in [-0.39, 0.29) is 21.2 Å². The summed E-state index contributed by atoms with van der Waals surface area (Å²) in [4.78, 5) is 16.6. The molecule has 1 aromatic carbocycles. The molecule has 0 N–H and O–H groups in total. The van der Waals surface area contributed by atoms with Crippen molar-refractivity contribution in [2.45, 2.75) is 45.5 Å². The lowest BCUT2D eigenvalue weighted by Gasteiger charge is -2.36. The highest BCUT2D eigenvalue weighted by molar-refractivity contribution is 9.09. The Balaban J connectivity index is 2.42. The van der Waals surface area contributed by atoms with Crippen molar-refractivity contribution in [1.82, 2.24) is 4.98 Å². The summed E-state index contributed by atoms with van der Waals surface area (Å²) in [6, 6.07) is 8.03. The molecular formula is C20H24BrClFNO2Si. The predicted molar refractivity (Wildman–Crippen MR) is 115 cm³/mol. The standard InChI is InChI=1S/C20H24BrClFNO2Si/c1-20(2,3)27(4,5)26-12-13-8-17(24-18(9-13)19(25)11-21)14-6-7-16(23)15(22)10-14/h6-10H,11-12H2,1-5H3. The van der Waals surface area contributed by atoms with E-state index in [1.54, 1.807) is 12.1 Å². The van der Waals surface area contributed by atoms with Gasteiger partial charge in [0, 0.05) is 5.56 Å². The molecule has 7 heteroatoms. The number of carbonyl (C=O) groups excluding carboxylic acids is 1. The molecule has 3 nitrogen and oxygen atoms in total. The number of Topliss-reactive ketones (excluding diaryl/α,β-unsaturated/α-hetero) is 1. The van der Waals surface area contributed by atoms with E-state index in [0.717, 1.165) is 5.56 Å². The molecule has 0 fully saturated rings. The minimum Gasteiger partial charge on any atom is -0.413 e. The number of hydrogen-bond donors (Lipinski definition) is 0. The average molecular weight is 473 g/mol. The van der Waals surface area contributed by atoms with Crippen molar-refractivity contribution in [1.29, 1.82) is 0 Å². The summed E-state index contributed by atoms with van der Waals surface area (Å²) < 4.78 is 19.8. The molecule has 0 unspecified atom stereocenters. The van der Waals surface area contributed by atoms with E-state index >= 15 is 0 Å². The van der Waals surface area contributed by atoms with E-state index in [1.165, 1.54) is 12.1 Å². The van der Waals surface area contributed by atoms with Crippen LogP contribution in [0, 0.1) is 5.82 Å². The molecule has 1 heterocycles. The van der Waals surface area contributed by atoms with Crippen LogP contribution in [0.5, 0.6) is 0 Å². The third-order valence-corrected chi connectivity index (χ3v) is 10.2. The van der Waals surface area contributed by atoms with E-state index < -0.39 is 14.1 Å². The van der Waals surface area contributed by atoms with Crippen LogP contribution in [0.25, 0.3) is 11.3 Å². The molecule has 2 rings (SSSR count). The Bertz CT molecular complexity index is 852. The predicted octanol–water partition coefficient (Wildman–Crippen LogP) is 6.64. The Morgan fingerprint density at radius 1 is 1.26 bits per heavy atom. The van der Waals surface area contributed by atoms with Crippen molar-refractivity contribution in [2.75, 3.05) is 5.33 Å². The number of alkyl halides is 1. The topological polar surface area (TPSA) is 39.2 Å². The van der Waals surface area contributed by atoms with Gasteiger partial charge in [0.15, 0.2) is 14.1 Å². The maximum atomic E-state index is 13.5. The number of ketones is 1. The van der Waals surface area contributed by atoms with Gasteiger partial charge >= 0.3 is 0 Å². The highest BCUT2D eigenvalue weighted by atomic mass is 79.9. The second-order valence-electron chi connectivity index (χ2n) is 7.98. The summed E-state index contributed by atoms with van der Waals surface area (Å²) >= 11 is 9.10. The second-order valence-corrected chi connectivity index (χ2v) is 13.8. The molecular weight excluding hydrogens is 449 g/mol. The molecule has 0 atom stereocenters. The molecule has 0 aliphatic heterocycles. The number of pyridine rings is 1. The van der Waals surface area contributed by atoms with Gasteiger partial charge in [-0.05, 0) is 54.0 Å². The summed E-state index contributed by atoms with van der Waals surface area (Å²) in [6.45, 7) is 11.3. The van der Waals surface area contributed by atoms with Crippen molar-refractivity contribution >= 4 is 41.6 Å². The molecule has 0 spiro atoms. The van der Waals surface area contributed by atoms with Crippen LogP contribution in [0.4, 0.5) is 4.39 Å². The quantitative estimate of drug-likeness (QED) is 0.269. The minimum absolute atomic E-state index is 0.0191. The van der Waals surface area contributed by atoms with Gasteiger partial charge in [-0.1, -0.05) is 48.3 Å². The van der Waals surface area contributed by atoms with Gasteiger partial charge in [-0.3, -0.25) is 4.79 Å². The van der Waals surface area contributed by atoms with Crippen molar-refractivity contribution in [3.8, 4) is 11.3 Å². The van der Waals surface area contributed by atoms with Crippen LogP contribution in [-0.4, -0.2) is 24.4 Å². The van der Waals surface area contributed by atoms with E-state index in [2.05, 4.69) is 54.8 Å². The van der Waals surface area contributed by atoms with E-state index in [0.29, 0.717) is 23.6 Å². The number of carbonyl (C=O) groups is 1. The third kappa shape index (κ3) is 5.47. The number of rotatable bonds is 6. The van der Waals surface area contributed by atoms with Gasteiger partial charge in [-0.2, -0.15) is 0 Å². The SMILES string of the molecule is CC(C)(C)[Si](C)(C)OCc1cc(C(=O)CBr)nc(-c2ccc(F)c(Cl)c2)c1. The van der Waals surface area contributed by atoms with Crippen molar-refractivity contribution in [2.24, 2.45) is 0 Å². The third-order valence-electron chi connectivity index (χ3n) is 4.91. The van der Waals surface area contributed by atoms with E-state index in [1.807, 2.05) is 6.07 Å². The van der Waals surface area contributed by atoms with Crippen LogP contribution < -0.4 is 0 Å². The zero-order chi connectivity index (χ0) is 20.4. The molecule has 27 heavy (non-hydrogen) atoms. The maximum absolute atomic E-state index is 13.5. The van der Waals surface area contributed by atoms with Crippen LogP contribution in [0.1, 0.15) is 36.8 Å². The summed E-state index contributed by atoms with van der Waals surface area (Å²) in [5.41, 5.74) is 2.42. The van der Waals surface area contributed by atoms with Gasteiger partial charge in [0.1, 0.15) is 11.5 Å². The normalized spacial score (nSPS) is 12.3. The number of aromatic nitrogens is 1. The van der Waals surface area contributed by atoms with Gasteiger partial charge in [0.05, 0.1) is 22.7 Å². The van der Waals surface area contributed by atoms with Crippen LogP contribution in [0.2, 0.25) is 23.2 Å². The minimum atomic E-state index is -1.94. The van der Waals surface area contributed by atoms with Gasteiger partial charge in [0.25, 0.3) is 0 Å². The molecule has 2 aromatic rings. The first-order valence-electron chi connectivity index (χ1n) is 8.64. The summed E-state index contributed by atoms with van der Waals surface area (Å²) in [5.74, 6) is -0.617. The molecule has 0 radical (unpaired) electrons. The Hall–Kier alpha value is -1.08. The number of benzene rings is 1. The fourth-order valence-corrected chi connectivity index (χ4v) is 3.59. The molecule has 0 saturated carbocycles. The van der Waals surface area contributed by atoms with Crippen molar-refractivity contribution < 1.29 is 13.6 Å². The number of nitrogens with zero attached hydrogens (tertiary/aromatic N) is 1. The Morgan fingerprint density at radius 3 is 2.48 bits per heavy atom. The summed E-state index contributed by atoms with van der Waals surface area (Å²) in [6.07, 6.45) is 0. The van der Waals surface area contributed by atoms with Gasteiger partial charge < -0.3 is 4.43 Å². The first kappa shape index (κ1) is 22.2. The fraction of sp³-hybridized carbons (Fsp3) is 0.400. The molecule has 146 valence electrons. The highest BCUT2D eigenvalue weighted by Gasteiger charge is 2.37. The zero-order valence-electron chi connectivity index (χ0n) is 16.2. The van der Waals surface area contributed by atoms with Crippen LogP contribution in [0.3, 0.4) is 0 Å². The van der Waals surface area contributed by atoms with Crippen LogP contribution >= 0.6 is 27.5 Å². The molecule has 1 aromatic heterocycles. The van der Waals surface area contributed by atoms with Gasteiger partial charge in [-0.25, -0.2) is 9.37 Å². The summed E-state index contributed by atoms with van der Waals surface area (Å²) in [7, 11) is -1.94. The lowest BCUT2D eigenvalue weighted by Crippen LogP contribution is -2.40. The van der Waals surface area contributed by atoms with E-state index in [9.17, 15) is 9.18 Å². The molecule has 0 aliphatic rings. The summed E-state index contributed by atoms with van der Waals surface area (Å²) in [5, 5.41) is 0.281. The smallest absolute Gasteiger partial charge is 0.192 e. The van der Waals surface area contributed by atoms with Crippen LogP contribution in [0.15, 0.2) is 30.3 Å². The first-order chi connectivity index (χ1) is 12.4.